The molecule has 2 heterocycles. The van der Waals surface area contributed by atoms with Crippen LogP contribution in [-0.4, -0.2) is 60.6 Å². The van der Waals surface area contributed by atoms with Crippen molar-refractivity contribution >= 4 is 15.9 Å². The van der Waals surface area contributed by atoms with Crippen molar-refractivity contribution in [2.24, 2.45) is 0 Å². The maximum atomic E-state index is 12.9. The van der Waals surface area contributed by atoms with Crippen molar-refractivity contribution < 1.29 is 31.1 Å². The highest BCUT2D eigenvalue weighted by Crippen LogP contribution is 2.26. The number of aromatic nitrogens is 1. The average molecular weight is 443 g/mol. The number of sulfonamides is 1. The van der Waals surface area contributed by atoms with E-state index in [1.807, 2.05) is 6.92 Å². The van der Waals surface area contributed by atoms with Gasteiger partial charge in [-0.3, -0.25) is 9.78 Å². The van der Waals surface area contributed by atoms with Gasteiger partial charge in [-0.05, 0) is 50.2 Å². The van der Waals surface area contributed by atoms with E-state index in [1.54, 1.807) is 24.0 Å². The van der Waals surface area contributed by atoms with E-state index in [0.29, 0.717) is 5.56 Å². The number of ether oxygens (including phenoxy) is 1. The Kier molecular flexibility index (Phi) is 6.04. The number of pyridine rings is 1. The zero-order valence-corrected chi connectivity index (χ0v) is 17.1. The van der Waals surface area contributed by atoms with E-state index in [2.05, 4.69) is 9.72 Å². The summed E-state index contributed by atoms with van der Waals surface area (Å²) in [4.78, 5) is 18.3. The molecule has 1 fully saturated rings. The van der Waals surface area contributed by atoms with Gasteiger partial charge in [0.2, 0.25) is 10.0 Å². The van der Waals surface area contributed by atoms with E-state index in [-0.39, 0.29) is 30.4 Å². The summed E-state index contributed by atoms with van der Waals surface area (Å²) < 4.78 is 67.5. The quantitative estimate of drug-likeness (QED) is 0.726. The van der Waals surface area contributed by atoms with Crippen LogP contribution in [0, 0.1) is 6.92 Å². The Hall–Kier alpha value is -2.66. The average Bonchev–Trinajstić information content (AvgIpc) is 2.67. The summed E-state index contributed by atoms with van der Waals surface area (Å²) >= 11 is 0. The number of piperazine rings is 1. The maximum Gasteiger partial charge on any atom is 0.573 e. The van der Waals surface area contributed by atoms with Gasteiger partial charge in [-0.25, -0.2) is 8.42 Å². The van der Waals surface area contributed by atoms with E-state index in [9.17, 15) is 26.4 Å². The lowest BCUT2D eigenvalue weighted by Gasteiger charge is -2.39. The molecule has 2 aromatic rings. The number of rotatable bonds is 4. The Balaban J connectivity index is 1.70. The van der Waals surface area contributed by atoms with Gasteiger partial charge in [-0.1, -0.05) is 0 Å². The normalized spacial score (nSPS) is 18.3. The minimum absolute atomic E-state index is 0.0637. The van der Waals surface area contributed by atoms with Crippen molar-refractivity contribution in [3.63, 3.8) is 0 Å². The van der Waals surface area contributed by atoms with E-state index in [0.717, 1.165) is 30.0 Å². The topological polar surface area (TPSA) is 79.8 Å². The molecule has 1 unspecified atom stereocenters. The third-order valence-electron chi connectivity index (χ3n) is 4.70. The fourth-order valence-corrected chi connectivity index (χ4v) is 4.68. The van der Waals surface area contributed by atoms with Gasteiger partial charge < -0.3 is 9.64 Å². The molecular formula is C19H20F3N3O4S. The van der Waals surface area contributed by atoms with Gasteiger partial charge in [0, 0.05) is 37.6 Å². The lowest BCUT2D eigenvalue weighted by molar-refractivity contribution is -0.274. The van der Waals surface area contributed by atoms with Crippen LogP contribution in [0.1, 0.15) is 23.0 Å². The third kappa shape index (κ3) is 4.90. The zero-order chi connectivity index (χ0) is 22.1. The van der Waals surface area contributed by atoms with Crippen LogP contribution in [0.2, 0.25) is 0 Å². The number of carbonyl (C=O) groups excluding carboxylic acids is 1. The summed E-state index contributed by atoms with van der Waals surface area (Å²) in [6.45, 7) is 3.86. The number of alkyl halides is 3. The highest BCUT2D eigenvalue weighted by Gasteiger charge is 2.35. The molecule has 1 aromatic heterocycles. The monoisotopic (exact) mass is 443 g/mol. The number of nitrogens with zero attached hydrogens (tertiary/aromatic N) is 3. The fraction of sp³-hybridized carbons (Fsp3) is 0.368. The predicted octanol–water partition coefficient (Wildman–Crippen LogP) is 2.82. The lowest BCUT2D eigenvalue weighted by atomic mass is 10.1. The van der Waals surface area contributed by atoms with E-state index >= 15 is 0 Å². The molecule has 1 aromatic carbocycles. The Labute approximate surface area is 172 Å². The molecule has 0 N–H and O–H groups in total. The summed E-state index contributed by atoms with van der Waals surface area (Å²) in [6.07, 6.45) is -3.37. The van der Waals surface area contributed by atoms with Crippen molar-refractivity contribution in [2.45, 2.75) is 31.1 Å². The lowest BCUT2D eigenvalue weighted by Crippen LogP contribution is -2.55. The number of hydrogen-bond donors (Lipinski definition) is 0. The standard InChI is InChI=1S/C19H20F3N3O4S/c1-13-3-4-15(11-23-13)18(26)25-10-9-24(12-14(25)2)30(27,28)17-7-5-16(6-8-17)29-19(20,21)22/h3-8,11,14H,9-10,12H2,1-2H3. The van der Waals surface area contributed by atoms with Gasteiger partial charge in [-0.15, -0.1) is 13.2 Å². The van der Waals surface area contributed by atoms with Gasteiger partial charge in [0.05, 0.1) is 10.5 Å². The van der Waals surface area contributed by atoms with Crippen LogP contribution in [0.15, 0.2) is 47.5 Å². The largest absolute Gasteiger partial charge is 0.573 e. The predicted molar refractivity (Wildman–Crippen MR) is 101 cm³/mol. The molecule has 0 radical (unpaired) electrons. The van der Waals surface area contributed by atoms with Gasteiger partial charge in [-0.2, -0.15) is 4.31 Å². The maximum absolute atomic E-state index is 12.9. The summed E-state index contributed by atoms with van der Waals surface area (Å²) in [7, 11) is -3.93. The molecule has 1 aliphatic rings. The Morgan fingerprint density at radius 3 is 2.33 bits per heavy atom. The van der Waals surface area contributed by atoms with E-state index in [1.165, 1.54) is 10.5 Å². The van der Waals surface area contributed by atoms with Crippen LogP contribution < -0.4 is 4.74 Å². The van der Waals surface area contributed by atoms with Crippen molar-refractivity contribution in [3.05, 3.63) is 53.9 Å². The number of benzene rings is 1. The fourth-order valence-electron chi connectivity index (χ4n) is 3.17. The van der Waals surface area contributed by atoms with Crippen LogP contribution in [-0.2, 0) is 10.0 Å². The van der Waals surface area contributed by atoms with Crippen molar-refractivity contribution in [1.82, 2.24) is 14.2 Å². The number of halogens is 3. The van der Waals surface area contributed by atoms with Crippen LogP contribution >= 0.6 is 0 Å². The highest BCUT2D eigenvalue weighted by atomic mass is 32.2. The second-order valence-electron chi connectivity index (χ2n) is 6.92. The molecule has 0 bridgehead atoms. The molecule has 162 valence electrons. The molecule has 11 heteroatoms. The number of carbonyl (C=O) groups is 1. The van der Waals surface area contributed by atoms with Crippen LogP contribution in [0.25, 0.3) is 0 Å². The molecule has 1 atom stereocenters. The Morgan fingerprint density at radius 1 is 1.13 bits per heavy atom. The van der Waals surface area contributed by atoms with Crippen LogP contribution in [0.4, 0.5) is 13.2 Å². The first kappa shape index (κ1) is 22.0. The molecule has 0 saturated carbocycles. The molecule has 1 amide bonds. The molecular weight excluding hydrogens is 423 g/mol. The summed E-state index contributed by atoms with van der Waals surface area (Å²) in [6, 6.07) is 7.04. The second-order valence-corrected chi connectivity index (χ2v) is 8.86. The Morgan fingerprint density at radius 2 is 1.80 bits per heavy atom. The molecule has 1 aliphatic heterocycles. The Bertz CT molecular complexity index is 1010. The molecule has 3 rings (SSSR count). The van der Waals surface area contributed by atoms with Crippen LogP contribution in [0.3, 0.4) is 0 Å². The van der Waals surface area contributed by atoms with Crippen molar-refractivity contribution in [2.75, 3.05) is 19.6 Å². The smallest absolute Gasteiger partial charge is 0.406 e. The third-order valence-corrected chi connectivity index (χ3v) is 6.58. The van der Waals surface area contributed by atoms with Gasteiger partial charge in [0.15, 0.2) is 0 Å². The van der Waals surface area contributed by atoms with Gasteiger partial charge >= 0.3 is 6.36 Å². The summed E-state index contributed by atoms with van der Waals surface area (Å²) in [5.41, 5.74) is 1.20. The SMILES string of the molecule is Cc1ccc(C(=O)N2CCN(S(=O)(=O)c3ccc(OC(F)(F)F)cc3)CC2C)cn1. The first-order valence-electron chi connectivity index (χ1n) is 9.07. The second kappa shape index (κ2) is 8.23. The molecule has 0 aliphatic carbocycles. The van der Waals surface area contributed by atoms with Crippen molar-refractivity contribution in [1.29, 1.82) is 0 Å². The first-order chi connectivity index (χ1) is 14.0. The van der Waals surface area contributed by atoms with Crippen molar-refractivity contribution in [3.8, 4) is 5.75 Å². The molecule has 1 saturated heterocycles. The summed E-state index contributed by atoms with van der Waals surface area (Å²) in [5.74, 6) is -0.738. The number of aryl methyl sites for hydroxylation is 1. The minimum Gasteiger partial charge on any atom is -0.406 e. The molecule has 0 spiro atoms. The summed E-state index contributed by atoms with van der Waals surface area (Å²) in [5, 5.41) is 0. The van der Waals surface area contributed by atoms with Crippen LogP contribution in [0.5, 0.6) is 5.75 Å². The molecule has 30 heavy (non-hydrogen) atoms. The van der Waals surface area contributed by atoms with Gasteiger partial charge in [0.1, 0.15) is 5.75 Å². The number of amides is 1. The van der Waals surface area contributed by atoms with E-state index < -0.39 is 28.2 Å². The number of hydrogen-bond acceptors (Lipinski definition) is 5. The first-order valence-corrected chi connectivity index (χ1v) is 10.5. The van der Waals surface area contributed by atoms with E-state index in [4.69, 9.17) is 0 Å². The minimum atomic E-state index is -4.86. The molecule has 7 nitrogen and oxygen atoms in total. The highest BCUT2D eigenvalue weighted by molar-refractivity contribution is 7.89. The zero-order valence-electron chi connectivity index (χ0n) is 16.3. The van der Waals surface area contributed by atoms with Gasteiger partial charge in [0.25, 0.3) is 5.91 Å².